The van der Waals surface area contributed by atoms with Crippen molar-refractivity contribution in [3.8, 4) is 0 Å². The number of hydrogen-bond acceptors (Lipinski definition) is 3. The first-order chi connectivity index (χ1) is 7.58. The maximum absolute atomic E-state index is 11.6. The molecular formula is C10H9ClN2O2S. The summed E-state index contributed by atoms with van der Waals surface area (Å²) in [5, 5.41) is 0.634. The van der Waals surface area contributed by atoms with Crippen LogP contribution < -0.4 is 10.6 Å². The molecule has 1 aromatic carbocycles. The minimum Gasteiger partial charge on any atom is -0.255 e. The molecule has 0 saturated heterocycles. The summed E-state index contributed by atoms with van der Waals surface area (Å²) in [4.78, 5) is 22.8. The zero-order chi connectivity index (χ0) is 11.7. The molecule has 0 N–H and O–H groups in total. The summed E-state index contributed by atoms with van der Waals surface area (Å²) in [6.45, 7) is 0.284. The lowest BCUT2D eigenvalue weighted by atomic mass is 10.2. The first kappa shape index (κ1) is 11.2. The first-order valence-electron chi connectivity index (χ1n) is 4.59. The van der Waals surface area contributed by atoms with Gasteiger partial charge in [-0.05, 0) is 17.7 Å². The average Bonchev–Trinajstić information content (AvgIpc) is 2.48. The standard InChI is InChI=1S/C10H9ClN2O2S/c1-12-9(14)13(10(15)16-12)6-7-2-4-8(11)5-3-7/h2-5H,6H2,1H3. The van der Waals surface area contributed by atoms with Gasteiger partial charge in [-0.15, -0.1) is 0 Å². The molecule has 0 bridgehead atoms. The van der Waals surface area contributed by atoms with Crippen LogP contribution in [0, 0.1) is 0 Å². The molecule has 0 aliphatic rings. The minimum atomic E-state index is -0.287. The number of aryl methyl sites for hydroxylation is 1. The molecule has 0 aliphatic carbocycles. The van der Waals surface area contributed by atoms with Crippen LogP contribution >= 0.6 is 23.1 Å². The Labute approximate surface area is 100 Å². The van der Waals surface area contributed by atoms with Gasteiger partial charge >= 0.3 is 10.6 Å². The Morgan fingerprint density at radius 2 is 1.88 bits per heavy atom. The Balaban J connectivity index is 2.38. The molecule has 1 aromatic heterocycles. The lowest BCUT2D eigenvalue weighted by Crippen LogP contribution is -2.28. The van der Waals surface area contributed by atoms with E-state index in [0.717, 1.165) is 17.1 Å². The lowest BCUT2D eigenvalue weighted by molar-refractivity contribution is 0.706. The topological polar surface area (TPSA) is 44.0 Å². The lowest BCUT2D eigenvalue weighted by Gasteiger charge is -2.00. The number of nitrogens with zero attached hydrogens (tertiary/aromatic N) is 2. The van der Waals surface area contributed by atoms with Gasteiger partial charge in [0.25, 0.3) is 0 Å². The number of hydrogen-bond donors (Lipinski definition) is 0. The van der Waals surface area contributed by atoms with Crippen molar-refractivity contribution in [3.63, 3.8) is 0 Å². The number of rotatable bonds is 2. The van der Waals surface area contributed by atoms with E-state index in [1.165, 1.54) is 8.52 Å². The highest BCUT2D eigenvalue weighted by molar-refractivity contribution is 7.03. The third-order valence-corrected chi connectivity index (χ3v) is 3.25. The van der Waals surface area contributed by atoms with E-state index < -0.39 is 0 Å². The molecule has 2 rings (SSSR count). The van der Waals surface area contributed by atoms with Crippen LogP contribution in [-0.4, -0.2) is 8.52 Å². The Hall–Kier alpha value is -1.33. The second kappa shape index (κ2) is 4.27. The largest absolute Gasteiger partial charge is 0.341 e. The molecular weight excluding hydrogens is 248 g/mol. The molecule has 2 aromatic rings. The fraction of sp³-hybridized carbons (Fsp3) is 0.200. The van der Waals surface area contributed by atoms with E-state index >= 15 is 0 Å². The number of aromatic nitrogens is 2. The van der Waals surface area contributed by atoms with Gasteiger partial charge in [-0.25, -0.2) is 13.3 Å². The van der Waals surface area contributed by atoms with Gasteiger partial charge in [0.1, 0.15) is 0 Å². The van der Waals surface area contributed by atoms with Crippen LogP contribution in [0.2, 0.25) is 5.02 Å². The Morgan fingerprint density at radius 3 is 2.38 bits per heavy atom. The molecule has 6 heteroatoms. The van der Waals surface area contributed by atoms with Gasteiger partial charge in [-0.2, -0.15) is 0 Å². The van der Waals surface area contributed by atoms with Crippen molar-refractivity contribution in [1.82, 2.24) is 8.52 Å². The molecule has 1 heterocycles. The van der Waals surface area contributed by atoms with E-state index in [2.05, 4.69) is 0 Å². The predicted octanol–water partition coefficient (Wildman–Crippen LogP) is 1.31. The summed E-state index contributed by atoms with van der Waals surface area (Å²) in [5.74, 6) is 0. The van der Waals surface area contributed by atoms with E-state index in [1.807, 2.05) is 0 Å². The second-order valence-electron chi connectivity index (χ2n) is 3.35. The van der Waals surface area contributed by atoms with Crippen molar-refractivity contribution in [3.05, 3.63) is 55.0 Å². The van der Waals surface area contributed by atoms with Crippen LogP contribution in [0.1, 0.15) is 5.56 Å². The minimum absolute atomic E-state index is 0.248. The second-order valence-corrected chi connectivity index (χ2v) is 4.87. The van der Waals surface area contributed by atoms with E-state index in [0.29, 0.717) is 5.02 Å². The fourth-order valence-electron chi connectivity index (χ4n) is 1.36. The van der Waals surface area contributed by atoms with Crippen LogP contribution in [0.4, 0.5) is 0 Å². The Bertz CT molecular complexity index is 609. The third kappa shape index (κ3) is 2.10. The molecule has 84 valence electrons. The van der Waals surface area contributed by atoms with Gasteiger partial charge in [0.2, 0.25) is 0 Å². The van der Waals surface area contributed by atoms with E-state index in [-0.39, 0.29) is 17.1 Å². The van der Waals surface area contributed by atoms with E-state index in [1.54, 1.807) is 31.3 Å². The fourth-order valence-corrected chi connectivity index (χ4v) is 2.14. The molecule has 0 atom stereocenters. The first-order valence-corrected chi connectivity index (χ1v) is 5.74. The van der Waals surface area contributed by atoms with Crippen molar-refractivity contribution < 1.29 is 0 Å². The summed E-state index contributed by atoms with van der Waals surface area (Å²) >= 11 is 6.65. The zero-order valence-electron chi connectivity index (χ0n) is 8.51. The van der Waals surface area contributed by atoms with Crippen LogP contribution in [0.3, 0.4) is 0 Å². The summed E-state index contributed by atoms with van der Waals surface area (Å²) in [7, 11) is 1.58. The molecule has 0 aliphatic heterocycles. The van der Waals surface area contributed by atoms with Crippen molar-refractivity contribution in [2.45, 2.75) is 6.54 Å². The maximum atomic E-state index is 11.6. The summed E-state index contributed by atoms with van der Waals surface area (Å²) in [6, 6.07) is 7.06. The molecule has 0 unspecified atom stereocenters. The van der Waals surface area contributed by atoms with Gasteiger partial charge in [0.05, 0.1) is 6.54 Å². The quantitative estimate of drug-likeness (QED) is 0.813. The summed E-state index contributed by atoms with van der Waals surface area (Å²) < 4.78 is 2.52. The van der Waals surface area contributed by atoms with Crippen molar-refractivity contribution >= 4 is 23.1 Å². The van der Waals surface area contributed by atoms with Gasteiger partial charge in [0, 0.05) is 23.6 Å². The van der Waals surface area contributed by atoms with Gasteiger partial charge in [0.15, 0.2) is 0 Å². The van der Waals surface area contributed by atoms with Gasteiger partial charge < -0.3 is 0 Å². The van der Waals surface area contributed by atoms with Crippen LogP contribution in [0.5, 0.6) is 0 Å². The molecule has 4 nitrogen and oxygen atoms in total. The SMILES string of the molecule is Cn1sc(=O)n(Cc2ccc(Cl)cc2)c1=O. The molecule has 0 saturated carbocycles. The summed E-state index contributed by atoms with van der Waals surface area (Å²) in [5.41, 5.74) is 0.590. The molecule has 0 amide bonds. The smallest absolute Gasteiger partial charge is 0.255 e. The molecule has 0 radical (unpaired) electrons. The highest BCUT2D eigenvalue weighted by Gasteiger charge is 2.07. The molecule has 0 spiro atoms. The highest BCUT2D eigenvalue weighted by atomic mass is 35.5. The molecule has 0 fully saturated rings. The van der Waals surface area contributed by atoms with Crippen LogP contribution in [-0.2, 0) is 13.6 Å². The Kier molecular flexibility index (Phi) is 2.98. The van der Waals surface area contributed by atoms with Gasteiger partial charge in [-0.1, -0.05) is 23.7 Å². The predicted molar refractivity (Wildman–Crippen MR) is 64.4 cm³/mol. The zero-order valence-corrected chi connectivity index (χ0v) is 10.1. The number of halogens is 1. The van der Waals surface area contributed by atoms with Crippen molar-refractivity contribution in [2.75, 3.05) is 0 Å². The van der Waals surface area contributed by atoms with Crippen molar-refractivity contribution in [1.29, 1.82) is 0 Å². The van der Waals surface area contributed by atoms with Crippen LogP contribution in [0.15, 0.2) is 33.9 Å². The maximum Gasteiger partial charge on any atom is 0.341 e. The van der Waals surface area contributed by atoms with E-state index in [4.69, 9.17) is 11.6 Å². The summed E-state index contributed by atoms with van der Waals surface area (Å²) in [6.07, 6.45) is 0. The highest BCUT2D eigenvalue weighted by Crippen LogP contribution is 2.09. The average molecular weight is 257 g/mol. The monoisotopic (exact) mass is 256 g/mol. The van der Waals surface area contributed by atoms with Crippen molar-refractivity contribution in [2.24, 2.45) is 7.05 Å². The third-order valence-electron chi connectivity index (χ3n) is 2.19. The molecule has 16 heavy (non-hydrogen) atoms. The van der Waals surface area contributed by atoms with Gasteiger partial charge in [-0.3, -0.25) is 4.79 Å². The number of benzene rings is 1. The Morgan fingerprint density at radius 1 is 1.25 bits per heavy atom. The normalized spacial score (nSPS) is 10.6. The van der Waals surface area contributed by atoms with E-state index in [9.17, 15) is 9.59 Å². The van der Waals surface area contributed by atoms with Crippen LogP contribution in [0.25, 0.3) is 0 Å².